The fraction of sp³-hybridized carbons (Fsp3) is 0.667. The summed E-state index contributed by atoms with van der Waals surface area (Å²) < 4.78 is 0. The van der Waals surface area contributed by atoms with E-state index in [1.165, 1.54) is 57.2 Å². The van der Waals surface area contributed by atoms with E-state index in [9.17, 15) is 0 Å². The topological polar surface area (TPSA) is 15.3 Å². The fourth-order valence-corrected chi connectivity index (χ4v) is 4.46. The van der Waals surface area contributed by atoms with Crippen molar-refractivity contribution in [1.29, 1.82) is 0 Å². The molecule has 2 aliphatic heterocycles. The molecule has 108 valence electrons. The van der Waals surface area contributed by atoms with E-state index in [0.29, 0.717) is 0 Å². The number of fused-ring (bicyclic) bond motifs is 1. The monoisotopic (exact) mass is 270 g/mol. The van der Waals surface area contributed by atoms with Crippen molar-refractivity contribution < 1.29 is 0 Å². The second-order valence-electron chi connectivity index (χ2n) is 7.00. The Hall–Kier alpha value is -0.860. The zero-order valence-electron chi connectivity index (χ0n) is 12.3. The lowest BCUT2D eigenvalue weighted by Crippen LogP contribution is -2.51. The number of benzene rings is 1. The molecule has 2 atom stereocenters. The van der Waals surface area contributed by atoms with E-state index >= 15 is 0 Å². The first-order valence-electron chi connectivity index (χ1n) is 8.43. The molecule has 3 aliphatic rings. The Morgan fingerprint density at radius 1 is 0.900 bits per heavy atom. The number of hydrogen-bond acceptors (Lipinski definition) is 2. The van der Waals surface area contributed by atoms with Crippen molar-refractivity contribution in [3.8, 4) is 0 Å². The fourth-order valence-electron chi connectivity index (χ4n) is 4.46. The Balaban J connectivity index is 1.26. The first kappa shape index (κ1) is 12.8. The maximum atomic E-state index is 3.94. The quantitative estimate of drug-likeness (QED) is 0.907. The van der Waals surface area contributed by atoms with E-state index in [1.54, 1.807) is 0 Å². The predicted molar refractivity (Wildman–Crippen MR) is 83.0 cm³/mol. The summed E-state index contributed by atoms with van der Waals surface area (Å²) in [5.41, 5.74) is 1.54. The molecule has 2 unspecified atom stereocenters. The third-order valence-corrected chi connectivity index (χ3v) is 5.70. The Morgan fingerprint density at radius 3 is 2.60 bits per heavy atom. The molecule has 1 aromatic carbocycles. The van der Waals surface area contributed by atoms with Crippen LogP contribution in [-0.4, -0.2) is 36.1 Å². The first-order chi connectivity index (χ1) is 9.88. The molecule has 2 heterocycles. The summed E-state index contributed by atoms with van der Waals surface area (Å²) >= 11 is 0. The number of hydrogen-bond donors (Lipinski definition) is 1. The largest absolute Gasteiger partial charge is 0.311 e. The van der Waals surface area contributed by atoms with Crippen molar-refractivity contribution in [2.24, 2.45) is 0 Å². The van der Waals surface area contributed by atoms with Crippen molar-refractivity contribution in [1.82, 2.24) is 10.2 Å². The average molecular weight is 270 g/mol. The van der Waals surface area contributed by atoms with Crippen LogP contribution in [0.15, 0.2) is 30.3 Å². The molecule has 4 rings (SSSR count). The van der Waals surface area contributed by atoms with Crippen LogP contribution in [0.3, 0.4) is 0 Å². The van der Waals surface area contributed by atoms with Crippen LogP contribution in [0.5, 0.6) is 0 Å². The summed E-state index contributed by atoms with van der Waals surface area (Å²) in [6, 6.07) is 13.5. The van der Waals surface area contributed by atoms with Crippen molar-refractivity contribution >= 4 is 0 Å². The van der Waals surface area contributed by atoms with Crippen LogP contribution in [0.2, 0.25) is 0 Å². The minimum Gasteiger partial charge on any atom is -0.311 e. The molecule has 0 radical (unpaired) electrons. The van der Waals surface area contributed by atoms with Gasteiger partial charge in [-0.15, -0.1) is 0 Å². The lowest BCUT2D eigenvalue weighted by molar-refractivity contribution is 0.146. The third-order valence-electron chi connectivity index (χ3n) is 5.70. The molecule has 1 N–H and O–H groups in total. The van der Waals surface area contributed by atoms with Crippen LogP contribution >= 0.6 is 0 Å². The van der Waals surface area contributed by atoms with Gasteiger partial charge in [0, 0.05) is 18.1 Å². The summed E-state index contributed by atoms with van der Waals surface area (Å²) in [7, 11) is 0. The molecule has 0 amide bonds. The summed E-state index contributed by atoms with van der Waals surface area (Å²) in [5, 5.41) is 3.94. The molecular weight excluding hydrogens is 244 g/mol. The molecule has 20 heavy (non-hydrogen) atoms. The van der Waals surface area contributed by atoms with E-state index in [0.717, 1.165) is 24.0 Å². The highest BCUT2D eigenvalue weighted by molar-refractivity contribution is 5.22. The van der Waals surface area contributed by atoms with Crippen LogP contribution in [0.1, 0.15) is 50.0 Å². The van der Waals surface area contributed by atoms with E-state index in [2.05, 4.69) is 40.5 Å². The molecule has 2 heteroatoms. The number of nitrogens with one attached hydrogen (secondary N) is 1. The van der Waals surface area contributed by atoms with Gasteiger partial charge in [-0.2, -0.15) is 0 Å². The molecule has 0 aromatic heterocycles. The van der Waals surface area contributed by atoms with Crippen molar-refractivity contribution in [3.05, 3.63) is 35.9 Å². The average Bonchev–Trinajstić information content (AvgIpc) is 2.91. The normalized spacial score (nSPS) is 37.4. The maximum absolute atomic E-state index is 3.94. The minimum absolute atomic E-state index is 0.776. The van der Waals surface area contributed by atoms with Crippen molar-refractivity contribution in [2.75, 3.05) is 13.1 Å². The molecule has 2 nitrogen and oxygen atoms in total. The number of piperidine rings is 1. The number of nitrogens with zero attached hydrogens (tertiary/aromatic N) is 1. The minimum atomic E-state index is 0.776. The smallest absolute Gasteiger partial charge is 0.0111 e. The van der Waals surface area contributed by atoms with Gasteiger partial charge < -0.3 is 10.2 Å². The second kappa shape index (κ2) is 5.50. The van der Waals surface area contributed by atoms with E-state index in [-0.39, 0.29) is 0 Å². The van der Waals surface area contributed by atoms with Crippen LogP contribution in [0, 0.1) is 0 Å². The highest BCUT2D eigenvalue weighted by Gasteiger charge is 2.35. The maximum Gasteiger partial charge on any atom is 0.0111 e. The van der Waals surface area contributed by atoms with Crippen LogP contribution < -0.4 is 5.32 Å². The van der Waals surface area contributed by atoms with E-state index in [1.807, 2.05) is 0 Å². The summed E-state index contributed by atoms with van der Waals surface area (Å²) in [6.45, 7) is 2.69. The lowest BCUT2D eigenvalue weighted by atomic mass is 9.75. The summed E-state index contributed by atoms with van der Waals surface area (Å²) in [5.74, 6) is 0.806. The van der Waals surface area contributed by atoms with Gasteiger partial charge in [0.25, 0.3) is 0 Å². The van der Waals surface area contributed by atoms with Gasteiger partial charge in [0.2, 0.25) is 0 Å². The standard InChI is InChI=1S/C18H26N2/c1-2-5-14(6-3-1)15-11-17(12-15)19-16-8-10-20-9-4-7-18(20)13-16/h1-3,5-6,15-19H,4,7-13H2. The van der Waals surface area contributed by atoms with Gasteiger partial charge in [-0.05, 0) is 63.1 Å². The predicted octanol–water partition coefficient (Wildman–Crippen LogP) is 3.15. The molecule has 0 spiro atoms. The Bertz CT molecular complexity index is 438. The van der Waals surface area contributed by atoms with Gasteiger partial charge in [-0.1, -0.05) is 30.3 Å². The van der Waals surface area contributed by atoms with Gasteiger partial charge in [-0.25, -0.2) is 0 Å². The molecule has 0 bridgehead atoms. The van der Waals surface area contributed by atoms with Gasteiger partial charge in [-0.3, -0.25) is 0 Å². The van der Waals surface area contributed by atoms with Crippen LogP contribution in [0.25, 0.3) is 0 Å². The third kappa shape index (κ3) is 2.51. The lowest BCUT2D eigenvalue weighted by Gasteiger charge is -2.42. The second-order valence-corrected chi connectivity index (χ2v) is 7.00. The zero-order chi connectivity index (χ0) is 13.4. The molecule has 2 saturated heterocycles. The Labute approximate surface area is 122 Å². The molecule has 1 saturated carbocycles. The summed E-state index contributed by atoms with van der Waals surface area (Å²) in [6.07, 6.45) is 8.31. The Kier molecular flexibility index (Phi) is 3.53. The summed E-state index contributed by atoms with van der Waals surface area (Å²) in [4.78, 5) is 2.71. The van der Waals surface area contributed by atoms with Gasteiger partial charge in [0.05, 0.1) is 0 Å². The van der Waals surface area contributed by atoms with Crippen LogP contribution in [-0.2, 0) is 0 Å². The van der Waals surface area contributed by atoms with E-state index in [4.69, 9.17) is 0 Å². The number of rotatable bonds is 3. The van der Waals surface area contributed by atoms with Gasteiger partial charge >= 0.3 is 0 Å². The molecule has 1 aromatic rings. The zero-order valence-corrected chi connectivity index (χ0v) is 12.3. The Morgan fingerprint density at radius 2 is 1.75 bits per heavy atom. The van der Waals surface area contributed by atoms with E-state index < -0.39 is 0 Å². The van der Waals surface area contributed by atoms with Crippen molar-refractivity contribution in [2.45, 2.75) is 62.6 Å². The van der Waals surface area contributed by atoms with Gasteiger partial charge in [0.15, 0.2) is 0 Å². The highest BCUT2D eigenvalue weighted by atomic mass is 15.2. The molecular formula is C18H26N2. The molecule has 1 aliphatic carbocycles. The molecule has 3 fully saturated rings. The SMILES string of the molecule is c1ccc(C2CC(NC3CCN4CCCC4C3)C2)cc1. The van der Waals surface area contributed by atoms with Crippen LogP contribution in [0.4, 0.5) is 0 Å². The highest BCUT2D eigenvalue weighted by Crippen LogP contribution is 2.37. The van der Waals surface area contributed by atoms with Gasteiger partial charge in [0.1, 0.15) is 0 Å². The first-order valence-corrected chi connectivity index (χ1v) is 8.43. The van der Waals surface area contributed by atoms with Crippen molar-refractivity contribution in [3.63, 3.8) is 0 Å².